The summed E-state index contributed by atoms with van der Waals surface area (Å²) >= 11 is 6.60. The number of carbonyl (C=O) groups is 2. The van der Waals surface area contributed by atoms with Crippen LogP contribution in [0.4, 0.5) is 0 Å². The van der Waals surface area contributed by atoms with Crippen LogP contribution in [0, 0.1) is 0 Å². The number of fused-ring (bicyclic) bond motifs is 1. The van der Waals surface area contributed by atoms with Crippen molar-refractivity contribution in [2.24, 2.45) is 0 Å². The molecule has 1 N–H and O–H groups in total. The van der Waals surface area contributed by atoms with Crippen LogP contribution in [0.5, 0.6) is 5.75 Å². The van der Waals surface area contributed by atoms with Gasteiger partial charge in [-0.15, -0.1) is 0 Å². The molecule has 0 atom stereocenters. The maximum Gasteiger partial charge on any atom is 0.336 e. The number of hydrogen-bond acceptors (Lipinski definition) is 7. The smallest absolute Gasteiger partial charge is 0.336 e. The molecule has 3 rings (SSSR count). The zero-order chi connectivity index (χ0) is 22.7. The first-order valence-corrected chi connectivity index (χ1v) is 10.4. The minimum atomic E-state index is -0.786. The number of nitrogens with one attached hydrogen (secondary N) is 1. The summed E-state index contributed by atoms with van der Waals surface area (Å²) in [5.74, 6) is -1.20. The van der Waals surface area contributed by atoms with E-state index in [0.29, 0.717) is 39.4 Å². The van der Waals surface area contributed by atoms with Crippen molar-refractivity contribution in [2.45, 2.75) is 33.6 Å². The van der Waals surface area contributed by atoms with Crippen molar-refractivity contribution in [3.63, 3.8) is 0 Å². The maximum absolute atomic E-state index is 12.9. The molecule has 0 radical (unpaired) electrons. The molecule has 1 aromatic carbocycles. The van der Waals surface area contributed by atoms with Gasteiger partial charge in [0.05, 0.1) is 42.9 Å². The Bertz CT molecular complexity index is 1070. The van der Waals surface area contributed by atoms with Gasteiger partial charge in [0.25, 0.3) is 0 Å². The molecule has 0 aliphatic carbocycles. The van der Waals surface area contributed by atoms with Crippen LogP contribution in [0.25, 0.3) is 10.9 Å². The molecule has 164 valence electrons. The predicted molar refractivity (Wildman–Crippen MR) is 118 cm³/mol. The van der Waals surface area contributed by atoms with Gasteiger partial charge in [-0.2, -0.15) is 0 Å². The van der Waals surface area contributed by atoms with Gasteiger partial charge in [-0.05, 0) is 45.9 Å². The number of rotatable bonds is 6. The summed E-state index contributed by atoms with van der Waals surface area (Å²) in [6.07, 6.45) is 0. The lowest BCUT2D eigenvalue weighted by Gasteiger charge is -2.30. The number of esters is 2. The van der Waals surface area contributed by atoms with Gasteiger partial charge in [0.1, 0.15) is 10.9 Å². The Balaban J connectivity index is 2.26. The highest BCUT2D eigenvalue weighted by atomic mass is 35.5. The number of halogens is 1. The number of benzene rings is 1. The van der Waals surface area contributed by atoms with E-state index in [2.05, 4.69) is 10.3 Å². The molecular weight excluding hydrogens is 420 g/mol. The molecule has 0 saturated heterocycles. The Hall–Kier alpha value is -3.06. The molecule has 2 heterocycles. The third-order valence-corrected chi connectivity index (χ3v) is 5.37. The molecule has 8 heteroatoms. The third kappa shape index (κ3) is 4.37. The van der Waals surface area contributed by atoms with Gasteiger partial charge >= 0.3 is 11.9 Å². The van der Waals surface area contributed by atoms with Crippen LogP contribution in [0.3, 0.4) is 0 Å². The van der Waals surface area contributed by atoms with Crippen LogP contribution in [0.2, 0.25) is 5.15 Å². The Labute approximate surface area is 186 Å². The van der Waals surface area contributed by atoms with Gasteiger partial charge in [0.15, 0.2) is 0 Å². The van der Waals surface area contributed by atoms with E-state index in [4.69, 9.17) is 25.8 Å². The lowest BCUT2D eigenvalue weighted by molar-refractivity contribution is -0.139. The van der Waals surface area contributed by atoms with Gasteiger partial charge in [-0.25, -0.2) is 14.6 Å². The first-order valence-electron chi connectivity index (χ1n) is 9.99. The zero-order valence-corrected chi connectivity index (χ0v) is 18.9. The molecular formula is C23H25ClN2O5. The van der Waals surface area contributed by atoms with Crippen LogP contribution in [0.15, 0.2) is 46.8 Å². The SMILES string of the molecule is CCOC(=O)C1=C(C)NC(C)=C(C(=O)OCC)C1c1cc2ccc(OC)cc2nc1Cl. The Kier molecular flexibility index (Phi) is 6.85. The van der Waals surface area contributed by atoms with Gasteiger partial charge in [-0.1, -0.05) is 11.6 Å². The number of carbonyl (C=O) groups excluding carboxylic acids is 2. The lowest BCUT2D eigenvalue weighted by atomic mass is 9.80. The van der Waals surface area contributed by atoms with E-state index in [0.717, 1.165) is 5.39 Å². The van der Waals surface area contributed by atoms with Crippen LogP contribution in [-0.4, -0.2) is 37.2 Å². The maximum atomic E-state index is 12.9. The number of pyridine rings is 1. The molecule has 2 aromatic rings. The second-order valence-corrected chi connectivity index (χ2v) is 7.36. The summed E-state index contributed by atoms with van der Waals surface area (Å²) in [7, 11) is 1.57. The molecule has 31 heavy (non-hydrogen) atoms. The predicted octanol–water partition coefficient (Wildman–Crippen LogP) is 4.26. The highest BCUT2D eigenvalue weighted by Crippen LogP contribution is 2.42. The molecule has 0 spiro atoms. The minimum Gasteiger partial charge on any atom is -0.497 e. The fourth-order valence-corrected chi connectivity index (χ4v) is 3.99. The Morgan fingerprint density at radius 1 is 1.03 bits per heavy atom. The summed E-state index contributed by atoms with van der Waals surface area (Å²) in [5.41, 5.74) is 2.92. The number of dihydropyridines is 1. The van der Waals surface area contributed by atoms with E-state index in [1.807, 2.05) is 18.2 Å². The van der Waals surface area contributed by atoms with Crippen molar-refractivity contribution < 1.29 is 23.8 Å². The van der Waals surface area contributed by atoms with Crippen molar-refractivity contribution in [3.05, 3.63) is 57.5 Å². The average Bonchev–Trinajstić information content (AvgIpc) is 2.72. The molecule has 1 aliphatic rings. The van der Waals surface area contributed by atoms with E-state index < -0.39 is 17.9 Å². The first kappa shape index (κ1) is 22.6. The van der Waals surface area contributed by atoms with Crippen LogP contribution < -0.4 is 10.1 Å². The number of hydrogen-bond donors (Lipinski definition) is 1. The Morgan fingerprint density at radius 2 is 1.61 bits per heavy atom. The summed E-state index contributed by atoms with van der Waals surface area (Å²) in [4.78, 5) is 30.3. The van der Waals surface area contributed by atoms with Crippen molar-refractivity contribution >= 4 is 34.4 Å². The molecule has 0 fully saturated rings. The second kappa shape index (κ2) is 9.39. The van der Waals surface area contributed by atoms with Gasteiger partial charge < -0.3 is 19.5 Å². The van der Waals surface area contributed by atoms with E-state index >= 15 is 0 Å². The number of ether oxygens (including phenoxy) is 3. The molecule has 0 bridgehead atoms. The van der Waals surface area contributed by atoms with Crippen LogP contribution in [0.1, 0.15) is 39.2 Å². The monoisotopic (exact) mass is 444 g/mol. The normalized spacial score (nSPS) is 14.5. The summed E-state index contributed by atoms with van der Waals surface area (Å²) in [6.45, 7) is 7.37. The highest BCUT2D eigenvalue weighted by molar-refractivity contribution is 6.31. The third-order valence-electron chi connectivity index (χ3n) is 5.07. The van der Waals surface area contributed by atoms with E-state index in [-0.39, 0.29) is 18.4 Å². The van der Waals surface area contributed by atoms with Crippen molar-refractivity contribution in [2.75, 3.05) is 20.3 Å². The van der Waals surface area contributed by atoms with E-state index in [9.17, 15) is 9.59 Å². The highest BCUT2D eigenvalue weighted by Gasteiger charge is 2.39. The molecule has 0 amide bonds. The Morgan fingerprint density at radius 3 is 2.13 bits per heavy atom. The van der Waals surface area contributed by atoms with Gasteiger partial charge in [0.2, 0.25) is 0 Å². The molecule has 1 aliphatic heterocycles. The number of methoxy groups -OCH3 is 1. The molecule has 7 nitrogen and oxygen atoms in total. The quantitative estimate of drug-likeness (QED) is 0.526. The van der Waals surface area contributed by atoms with E-state index in [1.165, 1.54) is 0 Å². The molecule has 0 saturated carbocycles. The topological polar surface area (TPSA) is 86.8 Å². The number of allylic oxidation sites excluding steroid dienone is 2. The molecule has 0 unspecified atom stereocenters. The van der Waals surface area contributed by atoms with Crippen molar-refractivity contribution in [1.29, 1.82) is 0 Å². The first-order chi connectivity index (χ1) is 14.8. The van der Waals surface area contributed by atoms with Gasteiger partial charge in [-0.3, -0.25) is 0 Å². The summed E-state index contributed by atoms with van der Waals surface area (Å²) < 4.78 is 15.8. The lowest BCUT2D eigenvalue weighted by Crippen LogP contribution is -2.32. The van der Waals surface area contributed by atoms with Crippen molar-refractivity contribution in [3.8, 4) is 5.75 Å². The standard InChI is InChI=1S/C23H25ClN2O5/c1-6-30-22(27)18-12(3)25-13(4)19(23(28)31-7-2)20(18)16-10-14-8-9-15(29-5)11-17(14)26-21(16)24/h8-11,20,25H,6-7H2,1-5H3. The minimum absolute atomic E-state index is 0.178. The zero-order valence-electron chi connectivity index (χ0n) is 18.2. The van der Waals surface area contributed by atoms with Gasteiger partial charge in [0, 0.05) is 28.4 Å². The van der Waals surface area contributed by atoms with Crippen LogP contribution >= 0.6 is 11.6 Å². The average molecular weight is 445 g/mol. The van der Waals surface area contributed by atoms with E-state index in [1.54, 1.807) is 40.9 Å². The summed E-state index contributed by atoms with van der Waals surface area (Å²) in [5, 5.41) is 4.08. The fourth-order valence-electron chi connectivity index (χ4n) is 3.73. The largest absolute Gasteiger partial charge is 0.497 e. The fraction of sp³-hybridized carbons (Fsp3) is 0.348. The second-order valence-electron chi connectivity index (χ2n) is 7.00. The van der Waals surface area contributed by atoms with Crippen LogP contribution in [-0.2, 0) is 19.1 Å². The summed E-state index contributed by atoms with van der Waals surface area (Å²) in [6, 6.07) is 7.27. The number of aromatic nitrogens is 1. The number of nitrogens with zero attached hydrogens (tertiary/aromatic N) is 1. The van der Waals surface area contributed by atoms with Crippen molar-refractivity contribution in [1.82, 2.24) is 10.3 Å². The molecule has 1 aromatic heterocycles.